The Balaban J connectivity index is 1.55. The lowest BCUT2D eigenvalue weighted by Gasteiger charge is -2.39. The molecule has 58 heavy (non-hydrogen) atoms. The number of aliphatic imine (C=N–C) groups is 1. The minimum atomic E-state index is -8.00. The van der Waals surface area contributed by atoms with E-state index >= 15 is 0 Å². The van der Waals surface area contributed by atoms with Crippen LogP contribution < -0.4 is 9.47 Å². The second kappa shape index (κ2) is 18.7. The van der Waals surface area contributed by atoms with Crippen LogP contribution in [0.25, 0.3) is 0 Å². The number of rotatable bonds is 20. The summed E-state index contributed by atoms with van der Waals surface area (Å²) in [6.45, 7) is 2.24. The Hall–Kier alpha value is -5.04. The van der Waals surface area contributed by atoms with E-state index < -0.39 is 72.3 Å². The van der Waals surface area contributed by atoms with E-state index in [0.717, 1.165) is 56.9 Å². The molecule has 0 aliphatic carbocycles. The smallest absolute Gasteiger partial charge is 0.460 e. The first-order valence-electron chi connectivity index (χ1n) is 17.4. The predicted molar refractivity (Wildman–Crippen MR) is 182 cm³/mol. The third-order valence-electron chi connectivity index (χ3n) is 8.46. The molecule has 320 valence electrons. The Morgan fingerprint density at radius 1 is 0.690 bits per heavy atom. The third kappa shape index (κ3) is 10.9. The first kappa shape index (κ1) is 47.3. The monoisotopic (exact) mass is 849 g/mol. The minimum Gasteiger partial charge on any atom is -0.507 e. The molecule has 1 unspecified atom stereocenters. The molecule has 0 aromatic heterocycles. The van der Waals surface area contributed by atoms with Crippen LogP contribution in [0, 0.1) is 0 Å². The van der Waals surface area contributed by atoms with Gasteiger partial charge in [-0.2, -0.15) is 57.1 Å². The molecule has 0 fully saturated rings. The van der Waals surface area contributed by atoms with Gasteiger partial charge in [-0.1, -0.05) is 32.6 Å². The van der Waals surface area contributed by atoms with Crippen molar-refractivity contribution in [2.45, 2.75) is 101 Å². The van der Waals surface area contributed by atoms with E-state index in [1.807, 2.05) is 6.92 Å². The van der Waals surface area contributed by atoms with Crippen molar-refractivity contribution in [2.75, 3.05) is 6.61 Å². The van der Waals surface area contributed by atoms with Crippen LogP contribution in [0.1, 0.15) is 85.1 Å². The van der Waals surface area contributed by atoms with Crippen molar-refractivity contribution in [3.8, 4) is 17.2 Å². The maximum atomic E-state index is 14.0. The van der Waals surface area contributed by atoms with Crippen LogP contribution in [-0.4, -0.2) is 71.8 Å². The number of aromatic hydroxyl groups is 1. The van der Waals surface area contributed by atoms with Crippen LogP contribution in [0.5, 0.6) is 17.2 Å². The number of phenols is 1. The van der Waals surface area contributed by atoms with Crippen LogP contribution >= 0.6 is 0 Å². The van der Waals surface area contributed by atoms with Crippen molar-refractivity contribution in [2.24, 2.45) is 4.99 Å². The van der Waals surface area contributed by atoms with Crippen LogP contribution in [-0.2, 0) is 4.74 Å². The summed E-state index contributed by atoms with van der Waals surface area (Å²) in [6, 6.07) is 13.9. The van der Waals surface area contributed by atoms with Crippen molar-refractivity contribution in [1.29, 1.82) is 0 Å². The third-order valence-corrected chi connectivity index (χ3v) is 8.46. The number of carbonyl (C=O) groups is 2. The van der Waals surface area contributed by atoms with Crippen molar-refractivity contribution in [3.05, 3.63) is 83.4 Å². The van der Waals surface area contributed by atoms with Gasteiger partial charge in [0, 0.05) is 17.8 Å². The van der Waals surface area contributed by atoms with Gasteiger partial charge in [0.25, 0.3) is 0 Å². The number of hydrogen-bond donors (Lipinski definition) is 1. The van der Waals surface area contributed by atoms with Crippen molar-refractivity contribution >= 4 is 23.8 Å². The molecule has 20 heteroatoms. The molecule has 0 bridgehead atoms. The maximum Gasteiger partial charge on any atom is 0.460 e. The highest BCUT2D eigenvalue weighted by Gasteiger charge is 2.90. The molecule has 1 atom stereocenters. The second-order valence-electron chi connectivity index (χ2n) is 13.0. The van der Waals surface area contributed by atoms with E-state index in [1.54, 1.807) is 0 Å². The molecular weight excluding hydrogens is 813 g/mol. The molecule has 0 aliphatic rings. The van der Waals surface area contributed by atoms with Crippen LogP contribution in [0.15, 0.2) is 71.7 Å². The highest BCUT2D eigenvalue weighted by molar-refractivity contribution is 5.92. The van der Waals surface area contributed by atoms with E-state index in [4.69, 9.17) is 9.47 Å². The van der Waals surface area contributed by atoms with Crippen molar-refractivity contribution < 1.29 is 86.0 Å². The number of benzene rings is 3. The molecule has 0 radical (unpaired) electrons. The zero-order valence-electron chi connectivity index (χ0n) is 30.5. The highest BCUT2D eigenvalue weighted by atomic mass is 19.4. The normalized spacial score (nSPS) is 13.7. The summed E-state index contributed by atoms with van der Waals surface area (Å²) in [5.74, 6) is -39.8. The predicted octanol–water partition coefficient (Wildman–Crippen LogP) is 11.8. The molecule has 0 saturated carbocycles. The number of alkyl halides is 13. The SMILES string of the molecule is CCCCCCCC(C)OC(=O)c1ccc(OC(=O)c2ccc(N=Cc3ccc(OCCC(F)(F)C(F)(F)C(F)(F)C(F)(F)C(F)(F)C(F)(F)F)cc3O)cc2)cc1. The Morgan fingerprint density at radius 2 is 1.22 bits per heavy atom. The van der Waals surface area contributed by atoms with Crippen molar-refractivity contribution in [1.82, 2.24) is 0 Å². The van der Waals surface area contributed by atoms with Gasteiger partial charge in [-0.15, -0.1) is 0 Å². The number of halogens is 13. The Labute approximate surface area is 322 Å². The summed E-state index contributed by atoms with van der Waals surface area (Å²) in [6.07, 6.45) is -3.12. The lowest BCUT2D eigenvalue weighted by atomic mass is 9.93. The largest absolute Gasteiger partial charge is 0.507 e. The fourth-order valence-corrected chi connectivity index (χ4v) is 4.98. The van der Waals surface area contributed by atoms with Gasteiger partial charge < -0.3 is 19.3 Å². The van der Waals surface area contributed by atoms with Gasteiger partial charge in [-0.25, -0.2) is 9.59 Å². The summed E-state index contributed by atoms with van der Waals surface area (Å²) in [5.41, 5.74) is 0.529. The standard InChI is InChI=1S/C38H36F13NO6/c1-3-4-5-6-7-8-23(2)57-31(54)25-11-16-28(17-12-25)58-32(55)24-9-14-27(15-10-24)52-22-26-13-18-29(21-30(26)53)56-20-19-33(39,40)34(41,42)35(43,44)36(45,46)37(47,48)38(49,50)51/h9-18,21-23,53H,3-8,19-20H2,1-2H3. The lowest BCUT2D eigenvalue weighted by Crippen LogP contribution is -2.70. The van der Waals surface area contributed by atoms with E-state index in [0.29, 0.717) is 6.07 Å². The number of carbonyl (C=O) groups excluding carboxylic acids is 2. The quantitative estimate of drug-likeness (QED) is 0.0400. The molecule has 0 spiro atoms. The van der Waals surface area contributed by atoms with Gasteiger partial charge in [0.2, 0.25) is 0 Å². The molecule has 0 amide bonds. The number of phenolic OH excluding ortho intramolecular Hbond substituents is 1. The first-order valence-corrected chi connectivity index (χ1v) is 17.4. The first-order chi connectivity index (χ1) is 26.8. The van der Waals surface area contributed by atoms with Gasteiger partial charge >= 0.3 is 47.7 Å². The van der Waals surface area contributed by atoms with E-state index in [-0.39, 0.29) is 34.2 Å². The van der Waals surface area contributed by atoms with E-state index in [2.05, 4.69) is 16.7 Å². The Morgan fingerprint density at radius 3 is 1.79 bits per heavy atom. The van der Waals surface area contributed by atoms with Crippen LogP contribution in [0.3, 0.4) is 0 Å². The van der Waals surface area contributed by atoms with Gasteiger partial charge in [0.1, 0.15) is 17.2 Å². The molecule has 7 nitrogen and oxygen atoms in total. The zero-order valence-corrected chi connectivity index (χ0v) is 30.5. The van der Waals surface area contributed by atoms with Gasteiger partial charge in [0.15, 0.2) is 0 Å². The number of unbranched alkanes of at least 4 members (excludes halogenated alkanes) is 4. The second-order valence-corrected chi connectivity index (χ2v) is 13.0. The zero-order chi connectivity index (χ0) is 43.7. The molecule has 3 aromatic carbocycles. The fraction of sp³-hybridized carbons (Fsp3) is 0.447. The van der Waals surface area contributed by atoms with Gasteiger partial charge in [0.05, 0.1) is 35.9 Å². The molecule has 3 aromatic rings. The Kier molecular flexibility index (Phi) is 15.3. The number of esters is 2. The summed E-state index contributed by atoms with van der Waals surface area (Å²) >= 11 is 0. The summed E-state index contributed by atoms with van der Waals surface area (Å²) in [7, 11) is 0. The molecular formula is C38H36F13NO6. The van der Waals surface area contributed by atoms with Gasteiger partial charge in [-0.05, 0) is 80.4 Å². The average molecular weight is 850 g/mol. The number of nitrogens with zero attached hydrogens (tertiary/aromatic N) is 1. The fourth-order valence-electron chi connectivity index (χ4n) is 4.98. The maximum absolute atomic E-state index is 14.0. The summed E-state index contributed by atoms with van der Waals surface area (Å²) < 4.78 is 188. The molecule has 0 aliphatic heterocycles. The Bertz CT molecular complexity index is 1870. The minimum absolute atomic E-state index is 0.0654. The molecule has 3 rings (SSSR count). The number of ether oxygens (including phenoxy) is 3. The summed E-state index contributed by atoms with van der Waals surface area (Å²) in [4.78, 5) is 29.2. The van der Waals surface area contributed by atoms with E-state index in [1.165, 1.54) is 48.5 Å². The number of hydrogen-bond acceptors (Lipinski definition) is 7. The topological polar surface area (TPSA) is 94.4 Å². The summed E-state index contributed by atoms with van der Waals surface area (Å²) in [5, 5.41) is 10.2. The van der Waals surface area contributed by atoms with Crippen molar-refractivity contribution in [3.63, 3.8) is 0 Å². The highest BCUT2D eigenvalue weighted by Crippen LogP contribution is 2.60. The van der Waals surface area contributed by atoms with Crippen LogP contribution in [0.2, 0.25) is 0 Å². The molecule has 0 saturated heterocycles. The lowest BCUT2D eigenvalue weighted by molar-refractivity contribution is -0.440. The average Bonchev–Trinajstić information content (AvgIpc) is 3.14. The molecule has 0 heterocycles. The van der Waals surface area contributed by atoms with Gasteiger partial charge in [-0.3, -0.25) is 4.99 Å². The van der Waals surface area contributed by atoms with E-state index in [9.17, 15) is 71.8 Å². The van der Waals surface area contributed by atoms with Crippen LogP contribution in [0.4, 0.5) is 62.8 Å². The molecule has 1 N–H and O–H groups in total.